The Bertz CT molecular complexity index is 524. The van der Waals surface area contributed by atoms with Crippen LogP contribution in [0, 0.1) is 0 Å². The molecule has 16 heavy (non-hydrogen) atoms. The Labute approximate surface area is 102 Å². The standard InChI is InChI=1S/C11H9ClN2OS/c12-7-2-1-3-8(6-7)14-11(15)9-4-5-10(13)16-9/h1-6H,13H2,(H,14,15). The maximum atomic E-state index is 11.7. The molecule has 0 fully saturated rings. The summed E-state index contributed by atoms with van der Waals surface area (Å²) in [6, 6.07) is 10.4. The summed E-state index contributed by atoms with van der Waals surface area (Å²) in [7, 11) is 0. The summed E-state index contributed by atoms with van der Waals surface area (Å²) in [4.78, 5) is 12.3. The molecule has 82 valence electrons. The minimum Gasteiger partial charge on any atom is -0.391 e. The van der Waals surface area contributed by atoms with Crippen molar-refractivity contribution in [2.24, 2.45) is 0 Å². The van der Waals surface area contributed by atoms with Gasteiger partial charge < -0.3 is 11.1 Å². The number of thiophene rings is 1. The van der Waals surface area contributed by atoms with Crippen LogP contribution >= 0.6 is 22.9 Å². The fourth-order valence-corrected chi connectivity index (χ4v) is 2.09. The van der Waals surface area contributed by atoms with Gasteiger partial charge in [0.15, 0.2) is 0 Å². The molecule has 0 saturated carbocycles. The highest BCUT2D eigenvalue weighted by Gasteiger charge is 2.08. The van der Waals surface area contributed by atoms with Crippen molar-refractivity contribution >= 4 is 39.5 Å². The summed E-state index contributed by atoms with van der Waals surface area (Å²) < 4.78 is 0. The highest BCUT2D eigenvalue weighted by atomic mass is 35.5. The van der Waals surface area contributed by atoms with Gasteiger partial charge in [-0.1, -0.05) is 17.7 Å². The number of hydrogen-bond donors (Lipinski definition) is 2. The average molecular weight is 253 g/mol. The fourth-order valence-electron chi connectivity index (χ4n) is 1.23. The quantitative estimate of drug-likeness (QED) is 0.862. The molecule has 5 heteroatoms. The second-order valence-corrected chi connectivity index (χ2v) is 4.72. The lowest BCUT2D eigenvalue weighted by Gasteiger charge is -2.03. The monoisotopic (exact) mass is 252 g/mol. The molecule has 3 nitrogen and oxygen atoms in total. The maximum absolute atomic E-state index is 11.7. The first-order chi connectivity index (χ1) is 7.65. The lowest BCUT2D eigenvalue weighted by atomic mass is 10.3. The summed E-state index contributed by atoms with van der Waals surface area (Å²) in [5.74, 6) is -0.177. The van der Waals surface area contributed by atoms with Crippen molar-refractivity contribution in [2.75, 3.05) is 11.1 Å². The van der Waals surface area contributed by atoms with E-state index in [9.17, 15) is 4.79 Å². The summed E-state index contributed by atoms with van der Waals surface area (Å²) in [6.07, 6.45) is 0. The molecule has 3 N–H and O–H groups in total. The third-order valence-electron chi connectivity index (χ3n) is 1.93. The highest BCUT2D eigenvalue weighted by molar-refractivity contribution is 7.17. The molecule has 0 radical (unpaired) electrons. The molecule has 0 saturated heterocycles. The number of nitrogens with one attached hydrogen (secondary N) is 1. The highest BCUT2D eigenvalue weighted by Crippen LogP contribution is 2.20. The topological polar surface area (TPSA) is 55.1 Å². The maximum Gasteiger partial charge on any atom is 0.265 e. The first-order valence-electron chi connectivity index (χ1n) is 4.57. The minimum absolute atomic E-state index is 0.177. The number of nitrogens with two attached hydrogens (primary N) is 1. The lowest BCUT2D eigenvalue weighted by Crippen LogP contribution is -2.09. The molecule has 1 aromatic heterocycles. The number of carbonyl (C=O) groups is 1. The fraction of sp³-hybridized carbons (Fsp3) is 0. The molecule has 2 rings (SSSR count). The van der Waals surface area contributed by atoms with Crippen LogP contribution < -0.4 is 11.1 Å². The van der Waals surface area contributed by atoms with Gasteiger partial charge in [0, 0.05) is 10.7 Å². The van der Waals surface area contributed by atoms with Crippen LogP contribution in [0.15, 0.2) is 36.4 Å². The molecule has 1 heterocycles. The zero-order valence-electron chi connectivity index (χ0n) is 8.24. The van der Waals surface area contributed by atoms with Crippen LogP contribution in [-0.2, 0) is 0 Å². The van der Waals surface area contributed by atoms with Crippen molar-refractivity contribution in [1.82, 2.24) is 0 Å². The van der Waals surface area contributed by atoms with Gasteiger partial charge in [0.2, 0.25) is 0 Å². The van der Waals surface area contributed by atoms with Crippen LogP contribution in [0.1, 0.15) is 9.67 Å². The summed E-state index contributed by atoms with van der Waals surface area (Å²) in [6.45, 7) is 0. The van der Waals surface area contributed by atoms with Gasteiger partial charge in [0.05, 0.1) is 9.88 Å². The normalized spacial score (nSPS) is 10.1. The van der Waals surface area contributed by atoms with Crippen molar-refractivity contribution in [3.8, 4) is 0 Å². The van der Waals surface area contributed by atoms with Crippen molar-refractivity contribution in [1.29, 1.82) is 0 Å². The van der Waals surface area contributed by atoms with E-state index >= 15 is 0 Å². The Balaban J connectivity index is 2.13. The van der Waals surface area contributed by atoms with Gasteiger partial charge in [-0.05, 0) is 30.3 Å². The molecule has 0 spiro atoms. The number of hydrogen-bond acceptors (Lipinski definition) is 3. The zero-order chi connectivity index (χ0) is 11.5. The van der Waals surface area contributed by atoms with Gasteiger partial charge in [-0.3, -0.25) is 4.79 Å². The number of benzene rings is 1. The second kappa shape index (κ2) is 4.55. The van der Waals surface area contributed by atoms with Gasteiger partial charge in [-0.2, -0.15) is 0 Å². The van der Waals surface area contributed by atoms with Crippen LogP contribution in [0.3, 0.4) is 0 Å². The Hall–Kier alpha value is -1.52. The summed E-state index contributed by atoms with van der Waals surface area (Å²) >= 11 is 7.06. The third-order valence-corrected chi connectivity index (χ3v) is 3.08. The Morgan fingerprint density at radius 2 is 2.12 bits per heavy atom. The van der Waals surface area contributed by atoms with E-state index in [1.807, 2.05) is 0 Å². The summed E-state index contributed by atoms with van der Waals surface area (Å²) in [5.41, 5.74) is 6.22. The Kier molecular flexibility index (Phi) is 3.12. The third kappa shape index (κ3) is 2.53. The van der Waals surface area contributed by atoms with Gasteiger partial charge in [0.1, 0.15) is 0 Å². The number of nitrogen functional groups attached to an aromatic ring is 1. The molecule has 0 unspecified atom stereocenters. The molecule has 1 amide bonds. The molecule has 0 atom stereocenters. The van der Waals surface area contributed by atoms with E-state index in [0.29, 0.717) is 20.6 Å². The predicted octanol–water partition coefficient (Wildman–Crippen LogP) is 3.24. The van der Waals surface area contributed by atoms with Crippen molar-refractivity contribution in [3.05, 3.63) is 46.3 Å². The molecular weight excluding hydrogens is 244 g/mol. The molecule has 2 aromatic rings. The molecule has 0 aliphatic rings. The molecular formula is C11H9ClN2OS. The van der Waals surface area contributed by atoms with Crippen LogP contribution in [0.25, 0.3) is 0 Å². The number of halogens is 1. The van der Waals surface area contributed by atoms with Crippen LogP contribution in [-0.4, -0.2) is 5.91 Å². The number of rotatable bonds is 2. The van der Waals surface area contributed by atoms with E-state index in [2.05, 4.69) is 5.32 Å². The van der Waals surface area contributed by atoms with E-state index < -0.39 is 0 Å². The lowest BCUT2D eigenvalue weighted by molar-refractivity contribution is 0.103. The SMILES string of the molecule is Nc1ccc(C(=O)Nc2cccc(Cl)c2)s1. The minimum atomic E-state index is -0.177. The largest absolute Gasteiger partial charge is 0.391 e. The second-order valence-electron chi connectivity index (χ2n) is 3.17. The number of carbonyl (C=O) groups excluding carboxylic acids is 1. The predicted molar refractivity (Wildman–Crippen MR) is 68.1 cm³/mol. The van der Waals surface area contributed by atoms with Crippen LogP contribution in [0.5, 0.6) is 0 Å². The molecule has 0 aliphatic heterocycles. The van der Waals surface area contributed by atoms with E-state index in [1.165, 1.54) is 11.3 Å². The number of anilines is 2. The first-order valence-corrected chi connectivity index (χ1v) is 5.77. The first kappa shape index (κ1) is 11.0. The van der Waals surface area contributed by atoms with E-state index in [4.69, 9.17) is 17.3 Å². The van der Waals surface area contributed by atoms with Crippen LogP contribution in [0.4, 0.5) is 10.7 Å². The van der Waals surface area contributed by atoms with E-state index in [1.54, 1.807) is 36.4 Å². The molecule has 0 bridgehead atoms. The van der Waals surface area contributed by atoms with E-state index in [-0.39, 0.29) is 5.91 Å². The van der Waals surface area contributed by atoms with Crippen molar-refractivity contribution in [3.63, 3.8) is 0 Å². The number of amides is 1. The Morgan fingerprint density at radius 3 is 2.75 bits per heavy atom. The van der Waals surface area contributed by atoms with Gasteiger partial charge in [-0.15, -0.1) is 11.3 Å². The van der Waals surface area contributed by atoms with Gasteiger partial charge in [-0.25, -0.2) is 0 Å². The van der Waals surface area contributed by atoms with Gasteiger partial charge >= 0.3 is 0 Å². The molecule has 1 aromatic carbocycles. The van der Waals surface area contributed by atoms with Crippen molar-refractivity contribution in [2.45, 2.75) is 0 Å². The van der Waals surface area contributed by atoms with E-state index in [0.717, 1.165) is 0 Å². The van der Waals surface area contributed by atoms with Gasteiger partial charge in [0.25, 0.3) is 5.91 Å². The molecule has 0 aliphatic carbocycles. The Morgan fingerprint density at radius 1 is 1.31 bits per heavy atom. The zero-order valence-corrected chi connectivity index (χ0v) is 9.81. The van der Waals surface area contributed by atoms with Crippen LogP contribution in [0.2, 0.25) is 5.02 Å². The smallest absolute Gasteiger partial charge is 0.265 e. The average Bonchev–Trinajstić information content (AvgIpc) is 2.65. The van der Waals surface area contributed by atoms with Crippen molar-refractivity contribution < 1.29 is 4.79 Å². The summed E-state index contributed by atoms with van der Waals surface area (Å²) in [5, 5.41) is 3.95.